The molecule has 0 aromatic heterocycles. The van der Waals surface area contributed by atoms with Crippen molar-refractivity contribution < 1.29 is 22.8 Å². The molecule has 0 atom stereocenters. The van der Waals surface area contributed by atoms with Crippen LogP contribution in [0.5, 0.6) is 0 Å². The van der Waals surface area contributed by atoms with Gasteiger partial charge in [0.25, 0.3) is 0 Å². The Morgan fingerprint density at radius 3 is 2.12 bits per heavy atom. The number of carbonyl (C=O) groups excluding carboxylic acids is 2. The fourth-order valence-electron chi connectivity index (χ4n) is 7.07. The van der Waals surface area contributed by atoms with Gasteiger partial charge in [-0.25, -0.2) is 0 Å². The lowest BCUT2D eigenvalue weighted by molar-refractivity contribution is -0.159. The fraction of sp³-hybridized carbons (Fsp3) is 0.667. The maximum Gasteiger partial charge on any atom is 0.418 e. The molecular weight excluding hydrogens is 455 g/mol. The summed E-state index contributed by atoms with van der Waals surface area (Å²) in [4.78, 5) is 29.8. The molecule has 1 aromatic carbocycles. The van der Waals surface area contributed by atoms with Crippen LogP contribution < -0.4 is 5.32 Å². The molecule has 1 N–H and O–H groups in total. The minimum Gasteiger partial charge on any atom is -0.340 e. The van der Waals surface area contributed by atoms with Gasteiger partial charge in [-0.1, -0.05) is 11.6 Å². The Labute approximate surface area is 196 Å². The van der Waals surface area contributed by atoms with Crippen LogP contribution in [0.25, 0.3) is 0 Å². The summed E-state index contributed by atoms with van der Waals surface area (Å²) in [6, 6.07) is 3.30. The normalized spacial score (nSPS) is 31.6. The third kappa shape index (κ3) is 4.61. The van der Waals surface area contributed by atoms with E-state index in [1.807, 2.05) is 9.80 Å². The first-order chi connectivity index (χ1) is 15.6. The van der Waals surface area contributed by atoms with Crippen molar-refractivity contribution >= 4 is 29.1 Å². The van der Waals surface area contributed by atoms with E-state index in [-0.39, 0.29) is 22.7 Å². The van der Waals surface area contributed by atoms with Gasteiger partial charge in [0.05, 0.1) is 23.2 Å². The first kappa shape index (κ1) is 23.0. The standard InChI is InChI=1S/C24H29ClF3N3O2/c25-18-1-2-20(19(10-18)24(26,27)28)29-21(32)14-30-3-5-31(6-4-30)22(33)23-11-15-7-16(12-23)9-17(8-15)13-23/h1-2,10,15-17H,3-9,11-14H2,(H,29,32). The van der Waals surface area contributed by atoms with Gasteiger partial charge in [-0.05, 0) is 74.5 Å². The molecule has 2 amide bonds. The summed E-state index contributed by atoms with van der Waals surface area (Å²) in [6.45, 7) is 2.18. The molecule has 4 bridgehead atoms. The summed E-state index contributed by atoms with van der Waals surface area (Å²) in [5.74, 6) is 1.91. The number of piperazine rings is 1. The molecular formula is C24H29ClF3N3O2. The highest BCUT2D eigenvalue weighted by Crippen LogP contribution is 2.60. The monoisotopic (exact) mass is 483 g/mol. The van der Waals surface area contributed by atoms with E-state index in [0.717, 1.165) is 25.3 Å². The Morgan fingerprint density at radius 1 is 1.00 bits per heavy atom. The second-order valence-electron chi connectivity index (χ2n) is 10.5. The second kappa shape index (κ2) is 8.45. The van der Waals surface area contributed by atoms with Gasteiger partial charge in [0, 0.05) is 31.2 Å². The van der Waals surface area contributed by atoms with Crippen molar-refractivity contribution in [3.63, 3.8) is 0 Å². The van der Waals surface area contributed by atoms with Gasteiger partial charge in [-0.3, -0.25) is 14.5 Å². The Bertz CT molecular complexity index is 908. The highest BCUT2D eigenvalue weighted by atomic mass is 35.5. The predicted molar refractivity (Wildman–Crippen MR) is 119 cm³/mol. The Balaban J connectivity index is 1.16. The van der Waals surface area contributed by atoms with Gasteiger partial charge in [-0.2, -0.15) is 13.2 Å². The average molecular weight is 484 g/mol. The van der Waals surface area contributed by atoms with E-state index in [4.69, 9.17) is 11.6 Å². The van der Waals surface area contributed by atoms with Gasteiger partial charge >= 0.3 is 6.18 Å². The molecule has 6 rings (SSSR count). The zero-order valence-electron chi connectivity index (χ0n) is 18.5. The lowest BCUT2D eigenvalue weighted by atomic mass is 9.49. The lowest BCUT2D eigenvalue weighted by Crippen LogP contribution is -2.58. The summed E-state index contributed by atoms with van der Waals surface area (Å²) in [5, 5.41) is 2.33. The number of nitrogens with zero attached hydrogens (tertiary/aromatic N) is 2. The molecule has 4 saturated carbocycles. The van der Waals surface area contributed by atoms with E-state index in [0.29, 0.717) is 49.8 Å². The van der Waals surface area contributed by atoms with E-state index in [9.17, 15) is 22.8 Å². The molecule has 9 heteroatoms. The van der Waals surface area contributed by atoms with Crippen LogP contribution in [-0.4, -0.2) is 54.3 Å². The number of amides is 2. The minimum atomic E-state index is -4.61. The van der Waals surface area contributed by atoms with E-state index < -0.39 is 17.6 Å². The molecule has 5 nitrogen and oxygen atoms in total. The summed E-state index contributed by atoms with van der Waals surface area (Å²) < 4.78 is 39.8. The van der Waals surface area contributed by atoms with Crippen LogP contribution in [0.3, 0.4) is 0 Å². The molecule has 33 heavy (non-hydrogen) atoms. The zero-order chi connectivity index (χ0) is 23.4. The summed E-state index contributed by atoms with van der Waals surface area (Å²) in [6.07, 6.45) is 2.35. The van der Waals surface area contributed by atoms with Gasteiger partial charge in [0.1, 0.15) is 0 Å². The maximum atomic E-state index is 13.5. The first-order valence-corrected chi connectivity index (χ1v) is 12.2. The predicted octanol–water partition coefficient (Wildman–Crippen LogP) is 4.66. The van der Waals surface area contributed by atoms with Crippen molar-refractivity contribution in [2.24, 2.45) is 23.2 Å². The number of benzene rings is 1. The fourth-order valence-corrected chi connectivity index (χ4v) is 7.24. The number of hydrogen-bond donors (Lipinski definition) is 1. The Kier molecular flexibility index (Phi) is 5.88. The third-order valence-electron chi connectivity index (χ3n) is 8.08. The first-order valence-electron chi connectivity index (χ1n) is 11.8. The number of hydrogen-bond acceptors (Lipinski definition) is 3. The van der Waals surface area contributed by atoms with Crippen molar-refractivity contribution in [2.45, 2.75) is 44.7 Å². The Hall–Kier alpha value is -1.80. The summed E-state index contributed by atoms with van der Waals surface area (Å²) in [7, 11) is 0. The SMILES string of the molecule is O=C(CN1CCN(C(=O)C23CC4CC(CC(C4)C2)C3)CC1)Nc1ccc(Cl)cc1C(F)(F)F. The molecule has 1 aliphatic heterocycles. The molecule has 5 fully saturated rings. The van der Waals surface area contributed by atoms with Crippen molar-refractivity contribution in [3.8, 4) is 0 Å². The quantitative estimate of drug-likeness (QED) is 0.677. The van der Waals surface area contributed by atoms with Gasteiger partial charge in [0.15, 0.2) is 0 Å². The number of rotatable bonds is 4. The van der Waals surface area contributed by atoms with Crippen LogP contribution in [-0.2, 0) is 15.8 Å². The molecule has 0 spiro atoms. The summed E-state index contributed by atoms with van der Waals surface area (Å²) in [5.41, 5.74) is -1.43. The van der Waals surface area contributed by atoms with E-state index in [1.54, 1.807) is 0 Å². The van der Waals surface area contributed by atoms with Crippen LogP contribution in [0.15, 0.2) is 18.2 Å². The van der Waals surface area contributed by atoms with Crippen LogP contribution in [0.1, 0.15) is 44.1 Å². The topological polar surface area (TPSA) is 52.7 Å². The molecule has 1 saturated heterocycles. The molecule has 4 aliphatic carbocycles. The molecule has 1 aromatic rings. The van der Waals surface area contributed by atoms with Crippen molar-refractivity contribution in [1.29, 1.82) is 0 Å². The minimum absolute atomic E-state index is 0.0146. The molecule has 0 unspecified atom stereocenters. The third-order valence-corrected chi connectivity index (χ3v) is 8.31. The van der Waals surface area contributed by atoms with Crippen molar-refractivity contribution in [2.75, 3.05) is 38.0 Å². The van der Waals surface area contributed by atoms with Crippen LogP contribution >= 0.6 is 11.6 Å². The maximum absolute atomic E-state index is 13.5. The van der Waals surface area contributed by atoms with Crippen LogP contribution in [0.4, 0.5) is 18.9 Å². The zero-order valence-corrected chi connectivity index (χ0v) is 19.2. The second-order valence-corrected chi connectivity index (χ2v) is 10.9. The number of anilines is 1. The van der Waals surface area contributed by atoms with Crippen molar-refractivity contribution in [3.05, 3.63) is 28.8 Å². The highest BCUT2D eigenvalue weighted by molar-refractivity contribution is 6.30. The lowest BCUT2D eigenvalue weighted by Gasteiger charge is -2.57. The molecule has 0 radical (unpaired) electrons. The van der Waals surface area contributed by atoms with Gasteiger partial charge in [0.2, 0.25) is 11.8 Å². The average Bonchev–Trinajstić information content (AvgIpc) is 2.73. The van der Waals surface area contributed by atoms with E-state index in [2.05, 4.69) is 5.32 Å². The van der Waals surface area contributed by atoms with E-state index >= 15 is 0 Å². The largest absolute Gasteiger partial charge is 0.418 e. The number of alkyl halides is 3. The smallest absolute Gasteiger partial charge is 0.340 e. The van der Waals surface area contributed by atoms with Crippen LogP contribution in [0, 0.1) is 23.2 Å². The van der Waals surface area contributed by atoms with Crippen LogP contribution in [0.2, 0.25) is 5.02 Å². The summed E-state index contributed by atoms with van der Waals surface area (Å²) >= 11 is 5.70. The highest BCUT2D eigenvalue weighted by Gasteiger charge is 2.55. The Morgan fingerprint density at radius 2 is 1.58 bits per heavy atom. The van der Waals surface area contributed by atoms with Gasteiger partial charge in [-0.15, -0.1) is 0 Å². The molecule has 180 valence electrons. The van der Waals surface area contributed by atoms with E-state index in [1.165, 1.54) is 31.4 Å². The number of carbonyl (C=O) groups is 2. The number of halogens is 4. The van der Waals surface area contributed by atoms with Gasteiger partial charge < -0.3 is 10.2 Å². The van der Waals surface area contributed by atoms with Crippen molar-refractivity contribution in [1.82, 2.24) is 9.80 Å². The molecule has 1 heterocycles. The molecule has 5 aliphatic rings. The number of nitrogens with one attached hydrogen (secondary N) is 1.